The molecule has 5 nitrogen and oxygen atoms in total. The molecule has 2 aromatic carbocycles. The van der Waals surface area contributed by atoms with Crippen LogP contribution in [0.2, 0.25) is 0 Å². The maximum atomic E-state index is 13.8. The number of carbonyl (C=O) groups is 1. The summed E-state index contributed by atoms with van der Waals surface area (Å²) in [7, 11) is 0. The Bertz CT molecular complexity index is 839. The van der Waals surface area contributed by atoms with Gasteiger partial charge in [0.1, 0.15) is 17.7 Å². The molecule has 2 aromatic rings. The first-order chi connectivity index (χ1) is 14.0. The molecule has 1 aliphatic rings. The van der Waals surface area contributed by atoms with Gasteiger partial charge in [-0.1, -0.05) is 12.1 Å². The number of rotatable bonds is 7. The summed E-state index contributed by atoms with van der Waals surface area (Å²) in [5, 5.41) is 2.48. The minimum absolute atomic E-state index is 0.0313. The second-order valence-corrected chi connectivity index (χ2v) is 7.02. The number of hydrogen-bond acceptors (Lipinski definition) is 4. The van der Waals surface area contributed by atoms with Crippen LogP contribution in [0.5, 0.6) is 11.5 Å². The van der Waals surface area contributed by atoms with E-state index in [0.29, 0.717) is 19.7 Å². The summed E-state index contributed by atoms with van der Waals surface area (Å²) in [6, 6.07) is 10.1. The maximum absolute atomic E-state index is 13.8. The Morgan fingerprint density at radius 1 is 1.17 bits per heavy atom. The molecule has 156 valence electrons. The topological polar surface area (TPSA) is 50.8 Å². The Balaban J connectivity index is 1.53. The van der Waals surface area contributed by atoms with Crippen molar-refractivity contribution in [1.29, 1.82) is 0 Å². The van der Waals surface area contributed by atoms with Crippen molar-refractivity contribution in [3.8, 4) is 11.5 Å². The predicted molar refractivity (Wildman–Crippen MR) is 107 cm³/mol. The highest BCUT2D eigenvalue weighted by atomic mass is 19.1. The number of likely N-dealkylation sites (tertiary alicyclic amines) is 1. The first-order valence-electron chi connectivity index (χ1n) is 9.86. The summed E-state index contributed by atoms with van der Waals surface area (Å²) in [4.78, 5) is 14.5. The highest BCUT2D eigenvalue weighted by Gasteiger charge is 2.28. The van der Waals surface area contributed by atoms with Crippen LogP contribution in [0.3, 0.4) is 0 Å². The fraction of sp³-hybridized carbons (Fsp3) is 0.409. The van der Waals surface area contributed by atoms with Crippen molar-refractivity contribution < 1.29 is 23.0 Å². The first kappa shape index (κ1) is 21.0. The first-order valence-corrected chi connectivity index (χ1v) is 9.86. The number of benzene rings is 2. The van der Waals surface area contributed by atoms with Gasteiger partial charge in [-0.05, 0) is 51.0 Å². The SMILES string of the molecule is CCOc1ccccc1OC1CCN(C(C)C(=O)Nc2cc(F)ccc2F)CC1. The van der Waals surface area contributed by atoms with Crippen LogP contribution in [0, 0.1) is 11.6 Å². The Morgan fingerprint density at radius 3 is 2.55 bits per heavy atom. The van der Waals surface area contributed by atoms with Gasteiger partial charge in [0.2, 0.25) is 5.91 Å². The van der Waals surface area contributed by atoms with Gasteiger partial charge in [0.25, 0.3) is 0 Å². The fourth-order valence-corrected chi connectivity index (χ4v) is 3.38. The number of amides is 1. The average Bonchev–Trinajstić information content (AvgIpc) is 2.72. The molecule has 3 rings (SSSR count). The lowest BCUT2D eigenvalue weighted by Gasteiger charge is -2.35. The van der Waals surface area contributed by atoms with Gasteiger partial charge in [-0.3, -0.25) is 9.69 Å². The molecule has 0 aliphatic carbocycles. The van der Waals surface area contributed by atoms with Gasteiger partial charge >= 0.3 is 0 Å². The van der Waals surface area contributed by atoms with Crippen molar-refractivity contribution in [3.05, 3.63) is 54.1 Å². The van der Waals surface area contributed by atoms with Gasteiger partial charge in [0, 0.05) is 19.2 Å². The largest absolute Gasteiger partial charge is 0.490 e. The number of piperidine rings is 1. The highest BCUT2D eigenvalue weighted by Crippen LogP contribution is 2.29. The van der Waals surface area contributed by atoms with Crippen molar-refractivity contribution in [2.45, 2.75) is 38.8 Å². The number of hydrogen-bond donors (Lipinski definition) is 1. The standard InChI is InChI=1S/C22H26F2N2O3/c1-3-28-20-6-4-5-7-21(20)29-17-10-12-26(13-11-17)15(2)22(27)25-19-14-16(23)8-9-18(19)24/h4-9,14-15,17H,3,10-13H2,1-2H3,(H,25,27). The third kappa shape index (κ3) is 5.44. The second kappa shape index (κ2) is 9.69. The molecule has 1 amide bonds. The van der Waals surface area contributed by atoms with Gasteiger partial charge in [0.15, 0.2) is 11.5 Å². The van der Waals surface area contributed by atoms with E-state index in [9.17, 15) is 13.6 Å². The normalized spacial score (nSPS) is 16.3. The number of ether oxygens (including phenoxy) is 2. The Kier molecular flexibility index (Phi) is 7.04. The molecule has 1 saturated heterocycles. The molecule has 0 saturated carbocycles. The summed E-state index contributed by atoms with van der Waals surface area (Å²) in [6.45, 7) is 5.59. The van der Waals surface area contributed by atoms with Gasteiger partial charge < -0.3 is 14.8 Å². The molecule has 0 radical (unpaired) electrons. The number of nitrogens with one attached hydrogen (secondary N) is 1. The summed E-state index contributed by atoms with van der Waals surface area (Å²) in [5.41, 5.74) is -0.146. The molecule has 1 aliphatic heterocycles. The van der Waals surface area contributed by atoms with Crippen LogP contribution in [0.1, 0.15) is 26.7 Å². The van der Waals surface area contributed by atoms with E-state index in [2.05, 4.69) is 5.32 Å². The summed E-state index contributed by atoms with van der Waals surface area (Å²) < 4.78 is 38.8. The predicted octanol–water partition coefficient (Wildman–Crippen LogP) is 4.23. The van der Waals surface area contributed by atoms with Crippen LogP contribution in [0.25, 0.3) is 0 Å². The minimum Gasteiger partial charge on any atom is -0.490 e. The van der Waals surface area contributed by atoms with Crippen molar-refractivity contribution >= 4 is 11.6 Å². The molecule has 1 N–H and O–H groups in total. The molecule has 0 bridgehead atoms. The molecule has 1 unspecified atom stereocenters. The van der Waals surface area contributed by atoms with Crippen molar-refractivity contribution in [1.82, 2.24) is 4.90 Å². The summed E-state index contributed by atoms with van der Waals surface area (Å²) >= 11 is 0. The Hall–Kier alpha value is -2.67. The number of para-hydroxylation sites is 2. The van der Waals surface area contributed by atoms with Crippen LogP contribution in [0.4, 0.5) is 14.5 Å². The van der Waals surface area contributed by atoms with E-state index in [4.69, 9.17) is 9.47 Å². The van der Waals surface area contributed by atoms with E-state index < -0.39 is 17.7 Å². The summed E-state index contributed by atoms with van der Waals surface area (Å²) in [6.07, 6.45) is 1.54. The monoisotopic (exact) mass is 404 g/mol. The van der Waals surface area contributed by atoms with Crippen LogP contribution in [-0.4, -0.2) is 42.6 Å². The molecule has 1 fully saturated rings. The Labute approximate surface area is 169 Å². The lowest BCUT2D eigenvalue weighted by molar-refractivity contribution is -0.121. The van der Waals surface area contributed by atoms with Crippen LogP contribution in [-0.2, 0) is 4.79 Å². The molecular weight excluding hydrogens is 378 g/mol. The van der Waals surface area contributed by atoms with E-state index in [1.54, 1.807) is 6.92 Å². The molecule has 0 spiro atoms. The van der Waals surface area contributed by atoms with E-state index in [0.717, 1.165) is 42.5 Å². The lowest BCUT2D eigenvalue weighted by atomic mass is 10.1. The van der Waals surface area contributed by atoms with Crippen LogP contribution in [0.15, 0.2) is 42.5 Å². The highest BCUT2D eigenvalue weighted by molar-refractivity contribution is 5.94. The molecular formula is C22H26F2N2O3. The summed E-state index contributed by atoms with van der Waals surface area (Å²) in [5.74, 6) is -0.176. The van der Waals surface area contributed by atoms with Crippen LogP contribution < -0.4 is 14.8 Å². The van der Waals surface area contributed by atoms with E-state index >= 15 is 0 Å². The number of carbonyl (C=O) groups excluding carboxylic acids is 1. The third-order valence-corrected chi connectivity index (χ3v) is 5.03. The molecule has 1 atom stereocenters. The minimum atomic E-state index is -0.660. The van der Waals surface area contributed by atoms with Gasteiger partial charge in [-0.15, -0.1) is 0 Å². The smallest absolute Gasteiger partial charge is 0.241 e. The van der Waals surface area contributed by atoms with Crippen molar-refractivity contribution in [2.24, 2.45) is 0 Å². The number of halogens is 2. The van der Waals surface area contributed by atoms with Crippen molar-refractivity contribution in [2.75, 3.05) is 25.0 Å². The zero-order chi connectivity index (χ0) is 20.8. The third-order valence-electron chi connectivity index (χ3n) is 5.03. The molecule has 1 heterocycles. The van der Waals surface area contributed by atoms with Gasteiger partial charge in [-0.2, -0.15) is 0 Å². The number of nitrogens with zero attached hydrogens (tertiary/aromatic N) is 1. The zero-order valence-electron chi connectivity index (χ0n) is 16.7. The average molecular weight is 404 g/mol. The van der Waals surface area contributed by atoms with Crippen molar-refractivity contribution in [3.63, 3.8) is 0 Å². The quantitative estimate of drug-likeness (QED) is 0.750. The van der Waals surface area contributed by atoms with Gasteiger partial charge in [-0.25, -0.2) is 8.78 Å². The van der Waals surface area contributed by atoms with E-state index in [-0.39, 0.29) is 17.7 Å². The maximum Gasteiger partial charge on any atom is 0.241 e. The van der Waals surface area contributed by atoms with Crippen LogP contribution >= 0.6 is 0 Å². The Morgan fingerprint density at radius 2 is 1.86 bits per heavy atom. The second-order valence-electron chi connectivity index (χ2n) is 7.02. The zero-order valence-corrected chi connectivity index (χ0v) is 16.7. The molecule has 29 heavy (non-hydrogen) atoms. The number of anilines is 1. The molecule has 7 heteroatoms. The van der Waals surface area contributed by atoms with Gasteiger partial charge in [0.05, 0.1) is 18.3 Å². The van der Waals surface area contributed by atoms with E-state index in [1.807, 2.05) is 36.1 Å². The fourth-order valence-electron chi connectivity index (χ4n) is 3.38. The molecule has 0 aromatic heterocycles. The lowest BCUT2D eigenvalue weighted by Crippen LogP contribution is -2.48. The van der Waals surface area contributed by atoms with E-state index in [1.165, 1.54) is 0 Å².